The van der Waals surface area contributed by atoms with Crippen LogP contribution in [0.5, 0.6) is 0 Å². The van der Waals surface area contributed by atoms with Crippen molar-refractivity contribution in [3.63, 3.8) is 0 Å². The van der Waals surface area contributed by atoms with Crippen molar-refractivity contribution in [2.75, 3.05) is 0 Å². The topological polar surface area (TPSA) is 109 Å². The van der Waals surface area contributed by atoms with E-state index >= 15 is 0 Å². The van der Waals surface area contributed by atoms with Crippen LogP contribution in [0.1, 0.15) is 23.0 Å². The van der Waals surface area contributed by atoms with E-state index in [2.05, 4.69) is 15.6 Å². The molecular weight excluding hydrogens is 336 g/mol. The Kier molecular flexibility index (Phi) is 5.02. The Bertz CT molecular complexity index is 955. The Morgan fingerprint density at radius 3 is 2.81 bits per heavy atom. The van der Waals surface area contributed by atoms with Crippen LogP contribution in [-0.2, 0) is 11.3 Å². The van der Waals surface area contributed by atoms with Gasteiger partial charge in [0.1, 0.15) is 11.8 Å². The standard InChI is InChI=1S/C18H18N4O4/c1-12(16(23)20-11-15-6-3-9-26-15)21-17(24)13-4-2-5-14(10-13)22-8-7-19-18(22)25/h2-10,12H,11H2,1H3,(H,19,25)(H,20,23)(H,21,24). The van der Waals surface area contributed by atoms with Crippen molar-refractivity contribution in [3.05, 3.63) is 76.9 Å². The van der Waals surface area contributed by atoms with Crippen LogP contribution in [0.25, 0.3) is 5.69 Å². The number of carbonyl (C=O) groups excluding carboxylic acids is 2. The van der Waals surface area contributed by atoms with Crippen molar-refractivity contribution in [3.8, 4) is 5.69 Å². The summed E-state index contributed by atoms with van der Waals surface area (Å²) in [5.41, 5.74) is 0.605. The molecular formula is C18H18N4O4. The van der Waals surface area contributed by atoms with Gasteiger partial charge in [-0.15, -0.1) is 0 Å². The van der Waals surface area contributed by atoms with Gasteiger partial charge < -0.3 is 20.0 Å². The van der Waals surface area contributed by atoms with Gasteiger partial charge in [0.15, 0.2) is 0 Å². The van der Waals surface area contributed by atoms with E-state index in [1.54, 1.807) is 49.5 Å². The summed E-state index contributed by atoms with van der Waals surface area (Å²) in [7, 11) is 0. The number of H-pyrrole nitrogens is 1. The van der Waals surface area contributed by atoms with Gasteiger partial charge in [-0.3, -0.25) is 14.2 Å². The third kappa shape index (κ3) is 3.92. The summed E-state index contributed by atoms with van der Waals surface area (Å²) in [5, 5.41) is 5.32. The minimum atomic E-state index is -0.726. The maximum Gasteiger partial charge on any atom is 0.330 e. The molecule has 3 N–H and O–H groups in total. The monoisotopic (exact) mass is 354 g/mol. The molecule has 0 aliphatic rings. The zero-order valence-corrected chi connectivity index (χ0v) is 14.1. The predicted octanol–water partition coefficient (Wildman–Crippen LogP) is 1.19. The number of hydrogen-bond acceptors (Lipinski definition) is 4. The van der Waals surface area contributed by atoms with Crippen molar-refractivity contribution in [2.24, 2.45) is 0 Å². The summed E-state index contributed by atoms with van der Waals surface area (Å²) >= 11 is 0. The van der Waals surface area contributed by atoms with E-state index in [9.17, 15) is 14.4 Å². The molecule has 0 spiro atoms. The molecule has 0 aliphatic heterocycles. The van der Waals surface area contributed by atoms with E-state index < -0.39 is 11.9 Å². The summed E-state index contributed by atoms with van der Waals surface area (Å²) in [6, 6.07) is 9.34. The molecule has 8 heteroatoms. The summed E-state index contributed by atoms with van der Waals surface area (Å²) < 4.78 is 6.52. The molecule has 2 aromatic heterocycles. The minimum Gasteiger partial charge on any atom is -0.467 e. The summed E-state index contributed by atoms with van der Waals surface area (Å²) in [5.74, 6) is -0.106. The molecule has 1 atom stereocenters. The van der Waals surface area contributed by atoms with Gasteiger partial charge in [-0.1, -0.05) is 6.07 Å². The van der Waals surface area contributed by atoms with Crippen LogP contribution < -0.4 is 16.3 Å². The number of benzene rings is 1. The molecule has 0 bridgehead atoms. The maximum absolute atomic E-state index is 12.4. The normalized spacial score (nSPS) is 11.7. The molecule has 134 valence electrons. The number of carbonyl (C=O) groups is 2. The van der Waals surface area contributed by atoms with Crippen LogP contribution in [-0.4, -0.2) is 27.4 Å². The number of imidazole rings is 1. The summed E-state index contributed by atoms with van der Waals surface area (Å²) in [6.07, 6.45) is 4.61. The highest BCUT2D eigenvalue weighted by atomic mass is 16.3. The molecule has 1 unspecified atom stereocenters. The number of nitrogens with zero attached hydrogens (tertiary/aromatic N) is 1. The number of aromatic amines is 1. The van der Waals surface area contributed by atoms with E-state index in [0.717, 1.165) is 0 Å². The van der Waals surface area contributed by atoms with E-state index in [-0.39, 0.29) is 18.1 Å². The third-order valence-corrected chi connectivity index (χ3v) is 3.79. The lowest BCUT2D eigenvalue weighted by Gasteiger charge is -2.14. The van der Waals surface area contributed by atoms with Gasteiger partial charge in [0.25, 0.3) is 5.91 Å². The lowest BCUT2D eigenvalue weighted by Crippen LogP contribution is -2.44. The second-order valence-corrected chi connectivity index (χ2v) is 5.68. The van der Waals surface area contributed by atoms with E-state index in [0.29, 0.717) is 17.0 Å². The third-order valence-electron chi connectivity index (χ3n) is 3.79. The lowest BCUT2D eigenvalue weighted by molar-refractivity contribution is -0.122. The number of furan rings is 1. The molecule has 8 nitrogen and oxygen atoms in total. The van der Waals surface area contributed by atoms with E-state index in [1.807, 2.05) is 0 Å². The molecule has 0 radical (unpaired) electrons. The van der Waals surface area contributed by atoms with Crippen molar-refractivity contribution in [1.82, 2.24) is 20.2 Å². The van der Waals surface area contributed by atoms with Gasteiger partial charge >= 0.3 is 5.69 Å². The average molecular weight is 354 g/mol. The fourth-order valence-electron chi connectivity index (χ4n) is 2.41. The van der Waals surface area contributed by atoms with Crippen molar-refractivity contribution >= 4 is 11.8 Å². The van der Waals surface area contributed by atoms with Crippen LogP contribution in [0.3, 0.4) is 0 Å². The Balaban J connectivity index is 1.63. The molecule has 0 aliphatic carbocycles. The highest BCUT2D eigenvalue weighted by molar-refractivity contribution is 5.97. The van der Waals surface area contributed by atoms with Crippen LogP contribution in [0.15, 0.2) is 64.3 Å². The molecule has 0 saturated carbocycles. The lowest BCUT2D eigenvalue weighted by atomic mass is 10.1. The molecule has 26 heavy (non-hydrogen) atoms. The van der Waals surface area contributed by atoms with Crippen LogP contribution in [0, 0.1) is 0 Å². The van der Waals surface area contributed by atoms with Gasteiger partial charge in [-0.2, -0.15) is 0 Å². The molecule has 0 fully saturated rings. The Labute approximate surface area is 148 Å². The molecule has 2 amide bonds. The molecule has 3 rings (SSSR count). The predicted molar refractivity (Wildman–Crippen MR) is 93.9 cm³/mol. The fourth-order valence-corrected chi connectivity index (χ4v) is 2.41. The zero-order valence-electron chi connectivity index (χ0n) is 14.1. The first-order valence-electron chi connectivity index (χ1n) is 8.02. The smallest absolute Gasteiger partial charge is 0.330 e. The minimum absolute atomic E-state index is 0.248. The van der Waals surface area contributed by atoms with Gasteiger partial charge in [0.05, 0.1) is 18.5 Å². The second kappa shape index (κ2) is 7.56. The largest absolute Gasteiger partial charge is 0.467 e. The molecule has 2 heterocycles. The second-order valence-electron chi connectivity index (χ2n) is 5.68. The van der Waals surface area contributed by atoms with Crippen molar-refractivity contribution in [2.45, 2.75) is 19.5 Å². The first-order chi connectivity index (χ1) is 12.5. The van der Waals surface area contributed by atoms with Gasteiger partial charge in [-0.05, 0) is 37.3 Å². The number of hydrogen-bond donors (Lipinski definition) is 3. The zero-order chi connectivity index (χ0) is 18.5. The van der Waals surface area contributed by atoms with Crippen LogP contribution >= 0.6 is 0 Å². The Hall–Kier alpha value is -3.55. The van der Waals surface area contributed by atoms with Crippen LogP contribution in [0.2, 0.25) is 0 Å². The number of rotatable bonds is 6. The molecule has 3 aromatic rings. The van der Waals surface area contributed by atoms with Gasteiger partial charge in [-0.25, -0.2) is 4.79 Å². The highest BCUT2D eigenvalue weighted by Gasteiger charge is 2.17. The number of nitrogens with one attached hydrogen (secondary N) is 3. The molecule has 0 saturated heterocycles. The van der Waals surface area contributed by atoms with Crippen molar-refractivity contribution in [1.29, 1.82) is 0 Å². The number of amides is 2. The first kappa shape index (κ1) is 17.3. The number of aromatic nitrogens is 2. The fraction of sp³-hybridized carbons (Fsp3) is 0.167. The highest BCUT2D eigenvalue weighted by Crippen LogP contribution is 2.09. The van der Waals surface area contributed by atoms with E-state index in [1.165, 1.54) is 17.0 Å². The first-order valence-corrected chi connectivity index (χ1v) is 8.02. The summed E-state index contributed by atoms with van der Waals surface area (Å²) in [6.45, 7) is 1.84. The van der Waals surface area contributed by atoms with Crippen LogP contribution in [0.4, 0.5) is 0 Å². The quantitative estimate of drug-likeness (QED) is 0.618. The average Bonchev–Trinajstić information content (AvgIpc) is 3.31. The van der Waals surface area contributed by atoms with Gasteiger partial charge in [0, 0.05) is 18.0 Å². The Morgan fingerprint density at radius 1 is 1.27 bits per heavy atom. The summed E-state index contributed by atoms with van der Waals surface area (Å²) in [4.78, 5) is 38.7. The van der Waals surface area contributed by atoms with E-state index in [4.69, 9.17) is 4.42 Å². The SMILES string of the molecule is CC(NC(=O)c1cccc(-n2cc[nH]c2=O)c1)C(=O)NCc1ccco1. The van der Waals surface area contributed by atoms with Crippen molar-refractivity contribution < 1.29 is 14.0 Å². The molecule has 1 aromatic carbocycles. The Morgan fingerprint density at radius 2 is 2.12 bits per heavy atom. The van der Waals surface area contributed by atoms with Gasteiger partial charge in [0.2, 0.25) is 5.91 Å². The maximum atomic E-state index is 12.4.